The number of rotatable bonds is 1. The van der Waals surface area contributed by atoms with E-state index in [9.17, 15) is 14.4 Å². The van der Waals surface area contributed by atoms with Crippen LogP contribution in [0.4, 0.5) is 5.69 Å². The predicted molar refractivity (Wildman–Crippen MR) is 60.0 cm³/mol. The fourth-order valence-electron chi connectivity index (χ4n) is 1.60. The van der Waals surface area contributed by atoms with E-state index >= 15 is 0 Å². The van der Waals surface area contributed by atoms with Crippen LogP contribution in [-0.4, -0.2) is 9.79 Å². The second kappa shape index (κ2) is 3.35. The maximum Gasteiger partial charge on any atom is 0.358 e. The highest BCUT2D eigenvalue weighted by Gasteiger charge is 2.23. The van der Waals surface area contributed by atoms with Gasteiger partial charge in [0.05, 0.1) is 5.30 Å². The largest absolute Gasteiger partial charge is 0.398 e. The fraction of sp³-hybridized carbons (Fsp3) is 0. The van der Waals surface area contributed by atoms with Crippen LogP contribution in [0, 0.1) is 0 Å². The van der Waals surface area contributed by atoms with E-state index in [0.29, 0.717) is 5.39 Å². The molecule has 0 unspecified atom stereocenters. The first kappa shape index (κ1) is 10.2. The van der Waals surface area contributed by atoms with Gasteiger partial charge in [-0.3, -0.25) is 4.57 Å². The Morgan fingerprint density at radius 1 is 1.07 bits per heavy atom. The summed E-state index contributed by atoms with van der Waals surface area (Å²) in [4.78, 5) is 18.4. The van der Waals surface area contributed by atoms with E-state index in [1.807, 2.05) is 6.07 Å². The van der Waals surface area contributed by atoms with Crippen LogP contribution in [0.15, 0.2) is 36.4 Å². The third kappa shape index (κ3) is 1.75. The Bertz CT molecular complexity index is 562. The van der Waals surface area contributed by atoms with Crippen LogP contribution in [0.5, 0.6) is 0 Å². The van der Waals surface area contributed by atoms with Crippen LogP contribution < -0.4 is 11.0 Å². The quantitative estimate of drug-likeness (QED) is 0.501. The zero-order chi connectivity index (χ0) is 11.1. The molecular weight excluding hydrogens is 213 g/mol. The zero-order valence-corrected chi connectivity index (χ0v) is 8.69. The molecule has 0 heterocycles. The average molecular weight is 223 g/mol. The maximum absolute atomic E-state index is 11.3. The summed E-state index contributed by atoms with van der Waals surface area (Å²) in [5.74, 6) is 0. The monoisotopic (exact) mass is 223 g/mol. The molecule has 0 fully saturated rings. The van der Waals surface area contributed by atoms with E-state index in [0.717, 1.165) is 5.39 Å². The Hall–Kier alpha value is -1.35. The summed E-state index contributed by atoms with van der Waals surface area (Å²) in [5, 5.41) is 1.19. The Morgan fingerprint density at radius 2 is 1.73 bits per heavy atom. The van der Waals surface area contributed by atoms with Crippen molar-refractivity contribution in [3.8, 4) is 0 Å². The zero-order valence-electron chi connectivity index (χ0n) is 7.79. The number of nitrogen functional groups attached to an aromatic ring is 1. The molecule has 5 heteroatoms. The normalized spacial score (nSPS) is 11.9. The lowest BCUT2D eigenvalue weighted by molar-refractivity contribution is 0.388. The summed E-state index contributed by atoms with van der Waals surface area (Å²) in [6, 6.07) is 10.2. The molecule has 2 rings (SSSR count). The van der Waals surface area contributed by atoms with Gasteiger partial charge in [0, 0.05) is 5.69 Å². The number of anilines is 1. The molecule has 0 radical (unpaired) electrons. The third-order valence-corrected chi connectivity index (χ3v) is 3.30. The van der Waals surface area contributed by atoms with Crippen LogP contribution in [0.3, 0.4) is 0 Å². The summed E-state index contributed by atoms with van der Waals surface area (Å²) in [7, 11) is -4.33. The Kier molecular flexibility index (Phi) is 2.27. The molecule has 0 saturated carbocycles. The van der Waals surface area contributed by atoms with Gasteiger partial charge in [0.15, 0.2) is 0 Å². The molecule has 0 aromatic heterocycles. The predicted octanol–water partition coefficient (Wildman–Crippen LogP) is 1.22. The lowest BCUT2D eigenvalue weighted by atomic mass is 10.1. The Morgan fingerprint density at radius 3 is 2.40 bits per heavy atom. The van der Waals surface area contributed by atoms with Crippen LogP contribution in [-0.2, 0) is 4.57 Å². The number of nitrogens with two attached hydrogens (primary N) is 1. The number of hydrogen-bond donors (Lipinski definition) is 3. The first-order chi connectivity index (χ1) is 7.00. The second-order valence-corrected chi connectivity index (χ2v) is 4.80. The summed E-state index contributed by atoms with van der Waals surface area (Å²) in [6.45, 7) is 0. The maximum atomic E-state index is 11.3. The number of fused-ring (bicyclic) bond motifs is 1. The SMILES string of the molecule is Nc1ccc2ccccc2c1P(=O)(O)O. The van der Waals surface area contributed by atoms with Gasteiger partial charge in [-0.2, -0.15) is 0 Å². The number of hydrogen-bond acceptors (Lipinski definition) is 2. The average Bonchev–Trinajstić information content (AvgIpc) is 2.15. The number of benzene rings is 2. The van der Waals surface area contributed by atoms with Gasteiger partial charge >= 0.3 is 7.60 Å². The molecule has 4 N–H and O–H groups in total. The Balaban J connectivity index is 2.92. The molecule has 2 aromatic carbocycles. The van der Waals surface area contributed by atoms with Crippen molar-refractivity contribution in [1.29, 1.82) is 0 Å². The van der Waals surface area contributed by atoms with Gasteiger partial charge in [0.25, 0.3) is 0 Å². The van der Waals surface area contributed by atoms with Gasteiger partial charge in [0.1, 0.15) is 0 Å². The lowest BCUT2D eigenvalue weighted by Gasteiger charge is -2.10. The van der Waals surface area contributed by atoms with Crippen molar-refractivity contribution in [2.75, 3.05) is 5.73 Å². The molecule has 0 aliphatic rings. The molecule has 2 aromatic rings. The van der Waals surface area contributed by atoms with Crippen LogP contribution in [0.1, 0.15) is 0 Å². The van der Waals surface area contributed by atoms with Crippen molar-refractivity contribution in [1.82, 2.24) is 0 Å². The van der Waals surface area contributed by atoms with Crippen LogP contribution >= 0.6 is 7.60 Å². The van der Waals surface area contributed by atoms with Gasteiger partial charge in [-0.25, -0.2) is 0 Å². The standard InChI is InChI=1S/C10H10NO3P/c11-9-6-5-7-3-1-2-4-8(7)10(9)15(12,13)14/h1-6H,11H2,(H2,12,13,14). The van der Waals surface area contributed by atoms with E-state index in [1.54, 1.807) is 24.3 Å². The molecule has 0 bridgehead atoms. The minimum atomic E-state index is -4.33. The Labute approximate surface area is 86.5 Å². The molecule has 0 saturated heterocycles. The van der Waals surface area contributed by atoms with Gasteiger partial charge < -0.3 is 15.5 Å². The lowest BCUT2D eigenvalue weighted by Crippen LogP contribution is -2.11. The van der Waals surface area contributed by atoms with Gasteiger partial charge in [0.2, 0.25) is 0 Å². The van der Waals surface area contributed by atoms with Crippen molar-refractivity contribution in [3.05, 3.63) is 36.4 Å². The van der Waals surface area contributed by atoms with Gasteiger partial charge in [-0.15, -0.1) is 0 Å². The van der Waals surface area contributed by atoms with Gasteiger partial charge in [-0.05, 0) is 16.8 Å². The molecule has 0 spiro atoms. The molecule has 0 aliphatic heterocycles. The van der Waals surface area contributed by atoms with E-state index in [-0.39, 0.29) is 11.0 Å². The first-order valence-electron chi connectivity index (χ1n) is 4.33. The van der Waals surface area contributed by atoms with E-state index in [4.69, 9.17) is 5.73 Å². The van der Waals surface area contributed by atoms with Crippen molar-refractivity contribution < 1.29 is 14.4 Å². The molecular formula is C10H10NO3P. The van der Waals surface area contributed by atoms with Crippen LogP contribution in [0.2, 0.25) is 0 Å². The van der Waals surface area contributed by atoms with Crippen molar-refractivity contribution >= 4 is 29.4 Å². The molecule has 15 heavy (non-hydrogen) atoms. The van der Waals surface area contributed by atoms with E-state index in [1.165, 1.54) is 6.07 Å². The smallest absolute Gasteiger partial charge is 0.358 e. The van der Waals surface area contributed by atoms with Gasteiger partial charge in [-0.1, -0.05) is 30.3 Å². The molecule has 78 valence electrons. The summed E-state index contributed by atoms with van der Waals surface area (Å²) in [6.07, 6.45) is 0. The van der Waals surface area contributed by atoms with Crippen molar-refractivity contribution in [3.63, 3.8) is 0 Å². The topological polar surface area (TPSA) is 83.6 Å². The minimum Gasteiger partial charge on any atom is -0.398 e. The summed E-state index contributed by atoms with van der Waals surface area (Å²) >= 11 is 0. The van der Waals surface area contributed by atoms with Crippen LogP contribution in [0.25, 0.3) is 10.8 Å². The summed E-state index contributed by atoms with van der Waals surface area (Å²) in [5.41, 5.74) is 5.71. The fourth-order valence-corrected chi connectivity index (χ4v) is 2.53. The highest BCUT2D eigenvalue weighted by atomic mass is 31.2. The van der Waals surface area contributed by atoms with Crippen molar-refractivity contribution in [2.45, 2.75) is 0 Å². The third-order valence-electron chi connectivity index (χ3n) is 2.22. The van der Waals surface area contributed by atoms with E-state index < -0.39 is 7.60 Å². The molecule has 0 aliphatic carbocycles. The molecule has 0 amide bonds. The van der Waals surface area contributed by atoms with E-state index in [2.05, 4.69) is 0 Å². The molecule has 0 atom stereocenters. The highest BCUT2D eigenvalue weighted by molar-refractivity contribution is 7.61. The first-order valence-corrected chi connectivity index (χ1v) is 5.95. The minimum absolute atomic E-state index is 0.0828. The molecule has 4 nitrogen and oxygen atoms in total. The van der Waals surface area contributed by atoms with Crippen molar-refractivity contribution in [2.24, 2.45) is 0 Å². The highest BCUT2D eigenvalue weighted by Crippen LogP contribution is 2.38. The second-order valence-electron chi connectivity index (χ2n) is 3.27. The summed E-state index contributed by atoms with van der Waals surface area (Å²) < 4.78 is 11.3.